The number of hydrogen-bond donors (Lipinski definition) is 1. The van der Waals surface area contributed by atoms with Crippen LogP contribution in [0.1, 0.15) is 28.3 Å². The average Bonchev–Trinajstić information content (AvgIpc) is 2.84. The zero-order valence-corrected chi connectivity index (χ0v) is 11.8. The molecule has 19 heavy (non-hydrogen) atoms. The van der Waals surface area contributed by atoms with Crippen LogP contribution in [-0.2, 0) is 5.92 Å². The van der Waals surface area contributed by atoms with Crippen LogP contribution in [0.5, 0.6) is 0 Å². The molecular formula is C15H17F2NS. The molecular weight excluding hydrogens is 264 g/mol. The first-order valence-corrected chi connectivity index (χ1v) is 7.04. The van der Waals surface area contributed by atoms with Crippen molar-refractivity contribution in [2.75, 3.05) is 6.54 Å². The van der Waals surface area contributed by atoms with Crippen LogP contribution in [0.15, 0.2) is 42.5 Å². The van der Waals surface area contributed by atoms with Crippen LogP contribution in [-0.4, -0.2) is 6.54 Å². The van der Waals surface area contributed by atoms with Gasteiger partial charge in [0.25, 0.3) is 5.92 Å². The second-order valence-corrected chi connectivity index (χ2v) is 5.94. The van der Waals surface area contributed by atoms with Crippen molar-refractivity contribution in [2.45, 2.75) is 25.8 Å². The maximum absolute atomic E-state index is 14.0. The molecule has 1 aromatic heterocycles. The Morgan fingerprint density at radius 3 is 2.42 bits per heavy atom. The molecule has 0 fully saturated rings. The third-order valence-corrected chi connectivity index (χ3v) is 4.20. The van der Waals surface area contributed by atoms with E-state index < -0.39 is 5.92 Å². The fraction of sp³-hybridized carbons (Fsp3) is 0.333. The van der Waals surface area contributed by atoms with Gasteiger partial charge in [-0.1, -0.05) is 30.3 Å². The summed E-state index contributed by atoms with van der Waals surface area (Å²) in [5.74, 6) is -2.85. The van der Waals surface area contributed by atoms with Crippen LogP contribution >= 0.6 is 11.3 Å². The predicted molar refractivity (Wildman–Crippen MR) is 75.8 cm³/mol. The number of hydrogen-bond acceptors (Lipinski definition) is 2. The lowest BCUT2D eigenvalue weighted by Crippen LogP contribution is -2.32. The Morgan fingerprint density at radius 1 is 1.16 bits per heavy atom. The highest BCUT2D eigenvalue weighted by Crippen LogP contribution is 2.28. The van der Waals surface area contributed by atoms with E-state index in [9.17, 15) is 8.78 Å². The van der Waals surface area contributed by atoms with Crippen LogP contribution in [0.25, 0.3) is 0 Å². The smallest absolute Gasteiger partial charge is 0.285 e. The van der Waals surface area contributed by atoms with E-state index in [1.165, 1.54) is 17.0 Å². The summed E-state index contributed by atoms with van der Waals surface area (Å²) in [7, 11) is 0. The van der Waals surface area contributed by atoms with Crippen molar-refractivity contribution < 1.29 is 8.78 Å². The molecule has 0 saturated carbocycles. The standard InChI is InChI=1S/C15H17F2NS/c1-11-8-9-14(19-11)12(2)18-10-15(16,17)13-6-4-3-5-7-13/h3-9,12,18H,10H2,1-2H3. The van der Waals surface area contributed by atoms with Gasteiger partial charge in [-0.2, -0.15) is 8.78 Å². The molecule has 0 bridgehead atoms. The largest absolute Gasteiger partial charge is 0.303 e. The van der Waals surface area contributed by atoms with Crippen molar-refractivity contribution in [1.29, 1.82) is 0 Å². The van der Waals surface area contributed by atoms with Crippen molar-refractivity contribution in [3.05, 3.63) is 57.8 Å². The van der Waals surface area contributed by atoms with Crippen molar-refractivity contribution in [3.8, 4) is 0 Å². The lowest BCUT2D eigenvalue weighted by Gasteiger charge is -2.20. The van der Waals surface area contributed by atoms with Gasteiger partial charge in [0.05, 0.1) is 6.54 Å². The molecule has 0 amide bonds. The van der Waals surface area contributed by atoms with Gasteiger partial charge >= 0.3 is 0 Å². The molecule has 1 nitrogen and oxygen atoms in total. The third kappa shape index (κ3) is 3.61. The topological polar surface area (TPSA) is 12.0 Å². The minimum absolute atomic E-state index is 0.0528. The third-order valence-electron chi connectivity index (χ3n) is 3.01. The fourth-order valence-corrected chi connectivity index (χ4v) is 2.76. The fourth-order valence-electron chi connectivity index (χ4n) is 1.85. The minimum Gasteiger partial charge on any atom is -0.303 e. The zero-order chi connectivity index (χ0) is 13.9. The van der Waals surface area contributed by atoms with Crippen molar-refractivity contribution in [1.82, 2.24) is 5.32 Å². The summed E-state index contributed by atoms with van der Waals surface area (Å²) < 4.78 is 28.0. The number of nitrogens with one attached hydrogen (secondary N) is 1. The van der Waals surface area contributed by atoms with Crippen molar-refractivity contribution in [3.63, 3.8) is 0 Å². The van der Waals surface area contributed by atoms with Gasteiger partial charge in [0.15, 0.2) is 0 Å². The maximum Gasteiger partial charge on any atom is 0.285 e. The Morgan fingerprint density at radius 2 is 1.84 bits per heavy atom. The molecule has 0 radical (unpaired) electrons. The molecule has 0 spiro atoms. The molecule has 102 valence electrons. The molecule has 1 atom stereocenters. The lowest BCUT2D eigenvalue weighted by atomic mass is 10.1. The Kier molecular flexibility index (Phi) is 4.32. The molecule has 2 rings (SSSR count). The van der Waals surface area contributed by atoms with Gasteiger partial charge in [-0.25, -0.2) is 0 Å². The Hall–Kier alpha value is -1.26. The molecule has 0 aliphatic rings. The van der Waals surface area contributed by atoms with Crippen molar-refractivity contribution in [2.24, 2.45) is 0 Å². The normalized spacial score (nSPS) is 13.5. The van der Waals surface area contributed by atoms with Gasteiger partial charge in [0.2, 0.25) is 0 Å². The number of rotatable bonds is 5. The molecule has 1 unspecified atom stereocenters. The number of thiophene rings is 1. The molecule has 1 N–H and O–H groups in total. The number of benzene rings is 1. The van der Waals surface area contributed by atoms with E-state index in [0.717, 1.165) is 4.88 Å². The average molecular weight is 281 g/mol. The number of halogens is 2. The van der Waals surface area contributed by atoms with Gasteiger partial charge < -0.3 is 5.32 Å². The first-order chi connectivity index (χ1) is 8.99. The van der Waals surface area contributed by atoms with Crippen LogP contribution < -0.4 is 5.32 Å². The highest BCUT2D eigenvalue weighted by molar-refractivity contribution is 7.12. The first-order valence-electron chi connectivity index (χ1n) is 6.22. The molecule has 0 aliphatic heterocycles. The Bertz CT molecular complexity index is 522. The quantitative estimate of drug-likeness (QED) is 0.851. The van der Waals surface area contributed by atoms with Gasteiger partial charge in [0.1, 0.15) is 0 Å². The summed E-state index contributed by atoms with van der Waals surface area (Å²) in [5, 5.41) is 2.91. The molecule has 0 saturated heterocycles. The number of alkyl halides is 2. The van der Waals surface area contributed by atoms with E-state index in [1.807, 2.05) is 26.0 Å². The monoisotopic (exact) mass is 281 g/mol. The van der Waals surface area contributed by atoms with E-state index in [0.29, 0.717) is 0 Å². The van der Waals surface area contributed by atoms with E-state index >= 15 is 0 Å². The molecule has 1 aromatic carbocycles. The second kappa shape index (κ2) is 5.80. The summed E-state index contributed by atoms with van der Waals surface area (Å²) in [4.78, 5) is 2.28. The summed E-state index contributed by atoms with van der Waals surface area (Å²) in [6.07, 6.45) is 0. The highest BCUT2D eigenvalue weighted by atomic mass is 32.1. The van der Waals surface area contributed by atoms with E-state index in [4.69, 9.17) is 0 Å². The second-order valence-electron chi connectivity index (χ2n) is 4.62. The van der Waals surface area contributed by atoms with Gasteiger partial charge in [-0.05, 0) is 26.0 Å². The molecule has 0 aliphatic carbocycles. The van der Waals surface area contributed by atoms with Crippen molar-refractivity contribution >= 4 is 11.3 Å². The zero-order valence-electron chi connectivity index (χ0n) is 11.0. The summed E-state index contributed by atoms with van der Waals surface area (Å²) in [6, 6.07) is 11.9. The first kappa shape index (κ1) is 14.2. The molecule has 4 heteroatoms. The lowest BCUT2D eigenvalue weighted by molar-refractivity contribution is -0.00525. The summed E-state index contributed by atoms with van der Waals surface area (Å²) in [5.41, 5.74) is 0.0528. The van der Waals surface area contributed by atoms with Crippen LogP contribution in [0, 0.1) is 6.92 Å². The maximum atomic E-state index is 14.0. The summed E-state index contributed by atoms with van der Waals surface area (Å²) in [6.45, 7) is 3.57. The minimum atomic E-state index is -2.85. The van der Waals surface area contributed by atoms with E-state index in [2.05, 4.69) is 5.32 Å². The van der Waals surface area contributed by atoms with Crippen LogP contribution in [0.2, 0.25) is 0 Å². The van der Waals surface area contributed by atoms with Crippen LogP contribution in [0.3, 0.4) is 0 Å². The van der Waals surface area contributed by atoms with Crippen LogP contribution in [0.4, 0.5) is 8.78 Å². The SMILES string of the molecule is Cc1ccc(C(C)NCC(F)(F)c2ccccc2)s1. The van der Waals surface area contributed by atoms with Gasteiger partial charge in [0, 0.05) is 21.4 Å². The number of aryl methyl sites for hydroxylation is 1. The summed E-state index contributed by atoms with van der Waals surface area (Å²) >= 11 is 1.63. The Labute approximate surface area is 116 Å². The van der Waals surface area contributed by atoms with E-state index in [1.54, 1.807) is 29.5 Å². The highest BCUT2D eigenvalue weighted by Gasteiger charge is 2.31. The Balaban J connectivity index is 1.98. The molecule has 1 heterocycles. The van der Waals surface area contributed by atoms with E-state index in [-0.39, 0.29) is 18.2 Å². The van der Waals surface area contributed by atoms with Gasteiger partial charge in [-0.3, -0.25) is 0 Å². The predicted octanol–water partition coefficient (Wildman–Crippen LogP) is 4.50. The van der Waals surface area contributed by atoms with Gasteiger partial charge in [-0.15, -0.1) is 11.3 Å². The molecule has 2 aromatic rings.